The number of fused-ring (bicyclic) bond motifs is 1. The van der Waals surface area contributed by atoms with Crippen molar-refractivity contribution in [2.45, 2.75) is 32.4 Å². The fraction of sp³-hybridized carbons (Fsp3) is 0.316. The van der Waals surface area contributed by atoms with Crippen LogP contribution in [0.25, 0.3) is 0 Å². The van der Waals surface area contributed by atoms with E-state index in [9.17, 15) is 18.7 Å². The van der Waals surface area contributed by atoms with Crippen LogP contribution in [0.2, 0.25) is 0 Å². The number of halogens is 2. The average Bonchev–Trinajstić information content (AvgIpc) is 2.57. The maximum Gasteiger partial charge on any atom is 0.317 e. The Morgan fingerprint density at radius 3 is 2.68 bits per heavy atom. The number of hydrogen-bond acceptors (Lipinski definition) is 2. The summed E-state index contributed by atoms with van der Waals surface area (Å²) in [5, 5.41) is 12.4. The summed E-state index contributed by atoms with van der Waals surface area (Å²) in [6, 6.07) is 8.21. The zero-order chi connectivity index (χ0) is 18.0. The summed E-state index contributed by atoms with van der Waals surface area (Å²) in [7, 11) is 0. The fourth-order valence-electron chi connectivity index (χ4n) is 3.10. The molecular weight excluding hydrogens is 326 g/mol. The van der Waals surface area contributed by atoms with E-state index < -0.39 is 17.7 Å². The molecule has 0 bridgehead atoms. The summed E-state index contributed by atoms with van der Waals surface area (Å²) < 4.78 is 27.4. The molecule has 0 saturated carbocycles. The van der Waals surface area contributed by atoms with E-state index in [2.05, 4.69) is 5.32 Å². The number of carbonyl (C=O) groups is 1. The molecule has 1 aliphatic heterocycles. The predicted molar refractivity (Wildman–Crippen MR) is 90.3 cm³/mol. The van der Waals surface area contributed by atoms with Crippen molar-refractivity contribution < 1.29 is 18.7 Å². The molecule has 2 aromatic rings. The van der Waals surface area contributed by atoms with Gasteiger partial charge in [-0.15, -0.1) is 0 Å². The van der Waals surface area contributed by atoms with Crippen molar-refractivity contribution >= 4 is 6.03 Å². The molecule has 132 valence electrons. The molecule has 2 aromatic carbocycles. The molecule has 2 N–H and O–H groups in total. The summed E-state index contributed by atoms with van der Waals surface area (Å²) in [4.78, 5) is 14.1. The molecule has 3 rings (SSSR count). The molecule has 2 amide bonds. The molecule has 0 saturated heterocycles. The van der Waals surface area contributed by atoms with Gasteiger partial charge in [-0.2, -0.15) is 0 Å². The summed E-state index contributed by atoms with van der Waals surface area (Å²) in [5.74, 6) is -1.05. The van der Waals surface area contributed by atoms with Gasteiger partial charge in [0.1, 0.15) is 17.4 Å². The van der Waals surface area contributed by atoms with Crippen molar-refractivity contribution in [2.24, 2.45) is 0 Å². The van der Waals surface area contributed by atoms with E-state index in [0.717, 1.165) is 11.1 Å². The van der Waals surface area contributed by atoms with Gasteiger partial charge in [0.15, 0.2) is 0 Å². The van der Waals surface area contributed by atoms with Gasteiger partial charge in [-0.25, -0.2) is 13.6 Å². The largest absolute Gasteiger partial charge is 0.508 e. The third-order valence-corrected chi connectivity index (χ3v) is 4.43. The lowest BCUT2D eigenvalue weighted by molar-refractivity contribution is 0.188. The minimum Gasteiger partial charge on any atom is -0.508 e. The molecular formula is C19H20F2N2O2. The van der Waals surface area contributed by atoms with E-state index in [1.165, 1.54) is 18.2 Å². The molecule has 4 nitrogen and oxygen atoms in total. The lowest BCUT2D eigenvalue weighted by Gasteiger charge is -2.30. The van der Waals surface area contributed by atoms with Crippen molar-refractivity contribution in [2.75, 3.05) is 6.54 Å². The van der Waals surface area contributed by atoms with Crippen LogP contribution in [0.4, 0.5) is 13.6 Å². The first-order chi connectivity index (χ1) is 11.9. The highest BCUT2D eigenvalue weighted by Gasteiger charge is 2.22. The molecule has 0 radical (unpaired) electrons. The van der Waals surface area contributed by atoms with E-state index in [4.69, 9.17) is 0 Å². The normalized spacial score (nSPS) is 14.8. The number of carbonyl (C=O) groups excluding carboxylic acids is 1. The monoisotopic (exact) mass is 346 g/mol. The van der Waals surface area contributed by atoms with Crippen LogP contribution in [-0.2, 0) is 19.4 Å². The number of amides is 2. The zero-order valence-corrected chi connectivity index (χ0v) is 13.9. The molecule has 6 heteroatoms. The Hall–Kier alpha value is -2.63. The Morgan fingerprint density at radius 1 is 1.24 bits per heavy atom. The SMILES string of the molecule is C[C@@H](Cc1c(F)cccc1F)NC(=O)N1CCc2ccc(O)cc2C1. The maximum atomic E-state index is 13.7. The Morgan fingerprint density at radius 2 is 1.96 bits per heavy atom. The predicted octanol–water partition coefficient (Wildman–Crippen LogP) is 3.37. The van der Waals surface area contributed by atoms with Crippen LogP contribution in [0.1, 0.15) is 23.6 Å². The highest BCUT2D eigenvalue weighted by molar-refractivity contribution is 5.75. The number of urea groups is 1. The molecule has 0 aliphatic carbocycles. The molecule has 0 unspecified atom stereocenters. The third-order valence-electron chi connectivity index (χ3n) is 4.43. The van der Waals surface area contributed by atoms with Gasteiger partial charge in [0, 0.05) is 24.7 Å². The second-order valence-corrected chi connectivity index (χ2v) is 6.38. The number of nitrogens with zero attached hydrogens (tertiary/aromatic N) is 1. The van der Waals surface area contributed by atoms with Gasteiger partial charge in [0.05, 0.1) is 0 Å². The van der Waals surface area contributed by atoms with Crippen LogP contribution in [0.3, 0.4) is 0 Å². The van der Waals surface area contributed by atoms with Crippen molar-refractivity contribution in [1.82, 2.24) is 10.2 Å². The standard InChI is InChI=1S/C19H20F2N2O2/c1-12(9-16-17(20)3-2-4-18(16)21)22-19(25)23-8-7-13-5-6-15(24)10-14(13)11-23/h2-6,10,12,24H,7-9,11H2,1H3,(H,22,25)/t12-/m0/s1. The second kappa shape index (κ2) is 7.09. The van der Waals surface area contributed by atoms with Gasteiger partial charge >= 0.3 is 6.03 Å². The van der Waals surface area contributed by atoms with E-state index in [-0.39, 0.29) is 23.8 Å². The number of hydrogen-bond donors (Lipinski definition) is 2. The quantitative estimate of drug-likeness (QED) is 0.895. The van der Waals surface area contributed by atoms with Crippen LogP contribution >= 0.6 is 0 Å². The number of aromatic hydroxyl groups is 1. The molecule has 1 aliphatic rings. The Balaban J connectivity index is 1.62. The van der Waals surface area contributed by atoms with Crippen molar-refractivity contribution in [3.05, 3.63) is 64.7 Å². The second-order valence-electron chi connectivity index (χ2n) is 6.38. The summed E-state index contributed by atoms with van der Waals surface area (Å²) in [6.45, 7) is 2.67. The van der Waals surface area contributed by atoms with Crippen molar-refractivity contribution in [1.29, 1.82) is 0 Å². The smallest absolute Gasteiger partial charge is 0.317 e. The first kappa shape index (κ1) is 17.2. The fourth-order valence-corrected chi connectivity index (χ4v) is 3.10. The van der Waals surface area contributed by atoms with Gasteiger partial charge in [-0.05, 0) is 55.2 Å². The molecule has 0 fully saturated rings. The summed E-state index contributed by atoms with van der Waals surface area (Å²) >= 11 is 0. The number of benzene rings is 2. The minimum absolute atomic E-state index is 0.0239. The topological polar surface area (TPSA) is 52.6 Å². The first-order valence-electron chi connectivity index (χ1n) is 8.23. The van der Waals surface area contributed by atoms with Gasteiger partial charge in [0.25, 0.3) is 0 Å². The van der Waals surface area contributed by atoms with Gasteiger partial charge in [0.2, 0.25) is 0 Å². The van der Waals surface area contributed by atoms with E-state index in [0.29, 0.717) is 19.5 Å². The highest BCUT2D eigenvalue weighted by Crippen LogP contribution is 2.23. The van der Waals surface area contributed by atoms with Crippen LogP contribution in [0.5, 0.6) is 5.75 Å². The summed E-state index contributed by atoms with van der Waals surface area (Å²) in [5.41, 5.74) is 2.00. The van der Waals surface area contributed by atoms with E-state index in [1.807, 2.05) is 6.07 Å². The highest BCUT2D eigenvalue weighted by atomic mass is 19.1. The zero-order valence-electron chi connectivity index (χ0n) is 13.9. The van der Waals surface area contributed by atoms with Crippen LogP contribution in [0, 0.1) is 11.6 Å². The Labute approximate surface area is 145 Å². The maximum absolute atomic E-state index is 13.7. The number of phenols is 1. The van der Waals surface area contributed by atoms with Crippen molar-refractivity contribution in [3.63, 3.8) is 0 Å². The number of rotatable bonds is 3. The van der Waals surface area contributed by atoms with Crippen molar-refractivity contribution in [3.8, 4) is 5.75 Å². The number of phenolic OH excluding ortho intramolecular Hbond substituents is 1. The van der Waals surface area contributed by atoms with Crippen LogP contribution < -0.4 is 5.32 Å². The molecule has 25 heavy (non-hydrogen) atoms. The van der Waals surface area contributed by atoms with Gasteiger partial charge in [-0.1, -0.05) is 12.1 Å². The number of nitrogens with one attached hydrogen (secondary N) is 1. The molecule has 1 atom stereocenters. The minimum atomic E-state index is -0.608. The van der Waals surface area contributed by atoms with Crippen LogP contribution in [0.15, 0.2) is 36.4 Å². The van der Waals surface area contributed by atoms with Crippen LogP contribution in [-0.4, -0.2) is 28.6 Å². The Bertz CT molecular complexity index is 775. The van der Waals surface area contributed by atoms with Gasteiger partial charge in [-0.3, -0.25) is 0 Å². The van der Waals surface area contributed by atoms with E-state index in [1.54, 1.807) is 24.0 Å². The molecule has 0 aromatic heterocycles. The molecule has 1 heterocycles. The average molecular weight is 346 g/mol. The van der Waals surface area contributed by atoms with Gasteiger partial charge < -0.3 is 15.3 Å². The lowest BCUT2D eigenvalue weighted by atomic mass is 10.00. The lowest BCUT2D eigenvalue weighted by Crippen LogP contribution is -2.46. The summed E-state index contributed by atoms with van der Waals surface area (Å²) in [6.07, 6.45) is 0.787. The third kappa shape index (κ3) is 3.90. The molecule has 0 spiro atoms. The van der Waals surface area contributed by atoms with E-state index >= 15 is 0 Å². The Kier molecular flexibility index (Phi) is 4.88. The first-order valence-corrected chi connectivity index (χ1v) is 8.23.